The molecule has 142 valence electrons. The van der Waals surface area contributed by atoms with Crippen molar-refractivity contribution in [1.82, 2.24) is 20.0 Å². The highest BCUT2D eigenvalue weighted by atomic mass is 19.4. The van der Waals surface area contributed by atoms with Gasteiger partial charge in [-0.1, -0.05) is 5.21 Å². The van der Waals surface area contributed by atoms with Crippen molar-refractivity contribution in [3.63, 3.8) is 0 Å². The van der Waals surface area contributed by atoms with Gasteiger partial charge in [0.25, 0.3) is 0 Å². The van der Waals surface area contributed by atoms with Gasteiger partial charge in [-0.25, -0.2) is 4.68 Å². The smallest absolute Gasteiger partial charge is 0.422 e. The van der Waals surface area contributed by atoms with Gasteiger partial charge < -0.3 is 14.2 Å². The minimum Gasteiger partial charge on any atom is -0.482 e. The maximum Gasteiger partial charge on any atom is 0.422 e. The van der Waals surface area contributed by atoms with E-state index in [1.165, 1.54) is 12.3 Å². The molecule has 0 spiro atoms. The lowest BCUT2D eigenvalue weighted by molar-refractivity contribution is -0.153. The molecule has 3 rings (SSSR count). The van der Waals surface area contributed by atoms with E-state index < -0.39 is 19.1 Å². The zero-order valence-corrected chi connectivity index (χ0v) is 14.6. The van der Waals surface area contributed by atoms with E-state index in [9.17, 15) is 13.2 Å². The number of rotatable bonds is 5. The molecule has 1 atom stereocenters. The summed E-state index contributed by atoms with van der Waals surface area (Å²) in [4.78, 5) is 4.15. The van der Waals surface area contributed by atoms with Crippen molar-refractivity contribution in [2.75, 3.05) is 13.2 Å². The second-order valence-corrected chi connectivity index (χ2v) is 6.68. The van der Waals surface area contributed by atoms with Gasteiger partial charge in [0.05, 0.1) is 36.8 Å². The van der Waals surface area contributed by atoms with Crippen molar-refractivity contribution in [2.45, 2.75) is 45.4 Å². The molecule has 10 heteroatoms. The molecule has 0 aliphatic carbocycles. The van der Waals surface area contributed by atoms with E-state index in [1.807, 2.05) is 13.8 Å². The first-order valence-corrected chi connectivity index (χ1v) is 7.97. The van der Waals surface area contributed by atoms with Crippen LogP contribution in [0.1, 0.15) is 19.4 Å². The maximum absolute atomic E-state index is 12.2. The van der Waals surface area contributed by atoms with Gasteiger partial charge in [0.2, 0.25) is 0 Å². The lowest BCUT2D eigenvalue weighted by atomic mass is 10.2. The number of hydrogen-bond acceptors (Lipinski definition) is 6. The van der Waals surface area contributed by atoms with Crippen molar-refractivity contribution in [1.29, 1.82) is 0 Å². The molecular weight excluding hydrogens is 353 g/mol. The summed E-state index contributed by atoms with van der Waals surface area (Å²) in [6.07, 6.45) is -1.89. The van der Waals surface area contributed by atoms with Crippen molar-refractivity contribution in [3.8, 4) is 17.1 Å². The Morgan fingerprint density at radius 1 is 1.38 bits per heavy atom. The highest BCUT2D eigenvalue weighted by molar-refractivity contribution is 5.58. The molecule has 3 heterocycles. The van der Waals surface area contributed by atoms with E-state index in [-0.39, 0.29) is 11.4 Å². The number of halogens is 3. The zero-order valence-electron chi connectivity index (χ0n) is 14.6. The molecule has 0 bridgehead atoms. The third-order valence-electron chi connectivity index (χ3n) is 3.64. The summed E-state index contributed by atoms with van der Waals surface area (Å²) in [5.74, 6) is 0.0472. The first-order chi connectivity index (χ1) is 12.1. The van der Waals surface area contributed by atoms with Crippen LogP contribution in [-0.2, 0) is 16.0 Å². The van der Waals surface area contributed by atoms with Crippen LogP contribution in [0.2, 0.25) is 0 Å². The SMILES string of the molecule is Cc1cc(OCC(F)(F)F)cnc1-c1cn(CC2OCC(C)(C)O2)nn1. The molecule has 1 unspecified atom stereocenters. The summed E-state index contributed by atoms with van der Waals surface area (Å²) < 4.78 is 54.2. The van der Waals surface area contributed by atoms with Gasteiger partial charge in [0, 0.05) is 0 Å². The summed E-state index contributed by atoms with van der Waals surface area (Å²) in [5, 5.41) is 8.08. The third-order valence-corrected chi connectivity index (χ3v) is 3.64. The van der Waals surface area contributed by atoms with Crippen molar-refractivity contribution in [3.05, 3.63) is 24.0 Å². The van der Waals surface area contributed by atoms with Crippen LogP contribution < -0.4 is 4.74 Å². The van der Waals surface area contributed by atoms with E-state index in [0.29, 0.717) is 30.1 Å². The molecule has 0 saturated carbocycles. The Balaban J connectivity index is 1.67. The second-order valence-electron chi connectivity index (χ2n) is 6.68. The minimum atomic E-state index is -4.39. The highest BCUT2D eigenvalue weighted by Crippen LogP contribution is 2.25. The zero-order chi connectivity index (χ0) is 18.9. The van der Waals surface area contributed by atoms with Gasteiger partial charge in [0.15, 0.2) is 12.9 Å². The number of hydrogen-bond donors (Lipinski definition) is 0. The number of alkyl halides is 3. The Morgan fingerprint density at radius 2 is 2.15 bits per heavy atom. The van der Waals surface area contributed by atoms with Gasteiger partial charge in [-0.2, -0.15) is 13.2 Å². The largest absolute Gasteiger partial charge is 0.482 e. The fourth-order valence-electron chi connectivity index (χ4n) is 2.52. The maximum atomic E-state index is 12.2. The fourth-order valence-corrected chi connectivity index (χ4v) is 2.52. The normalized spacial score (nSPS) is 19.7. The number of nitrogens with zero attached hydrogens (tertiary/aromatic N) is 4. The third kappa shape index (κ3) is 4.70. The molecular formula is C16H19F3N4O3. The van der Waals surface area contributed by atoms with Crippen molar-refractivity contribution in [2.24, 2.45) is 0 Å². The van der Waals surface area contributed by atoms with Gasteiger partial charge in [-0.15, -0.1) is 5.10 Å². The van der Waals surface area contributed by atoms with E-state index in [1.54, 1.807) is 17.8 Å². The molecule has 1 fully saturated rings. The summed E-state index contributed by atoms with van der Waals surface area (Å²) >= 11 is 0. The standard InChI is InChI=1S/C16H19F3N4O3/c1-10-4-11(24-9-16(17,18)19)5-20-14(10)12-6-23(22-21-12)7-13-25-8-15(2,3)26-13/h4-6,13H,7-9H2,1-3H3. The Hall–Kier alpha value is -2.20. The molecule has 7 nitrogen and oxygen atoms in total. The molecule has 1 aliphatic rings. The van der Waals surface area contributed by atoms with Crippen LogP contribution in [-0.4, -0.2) is 51.3 Å². The Morgan fingerprint density at radius 3 is 2.77 bits per heavy atom. The second kappa shape index (κ2) is 6.84. The first-order valence-electron chi connectivity index (χ1n) is 7.97. The van der Waals surface area contributed by atoms with Crippen molar-refractivity contribution < 1.29 is 27.4 Å². The minimum absolute atomic E-state index is 0.0472. The van der Waals surface area contributed by atoms with Crippen LogP contribution in [0, 0.1) is 6.92 Å². The Labute approximate surface area is 148 Å². The van der Waals surface area contributed by atoms with Gasteiger partial charge in [-0.3, -0.25) is 4.98 Å². The van der Waals surface area contributed by atoms with E-state index >= 15 is 0 Å². The molecule has 2 aromatic rings. The average molecular weight is 372 g/mol. The summed E-state index contributed by atoms with van der Waals surface area (Å²) in [6.45, 7) is 5.11. The molecule has 0 radical (unpaired) electrons. The van der Waals surface area contributed by atoms with Crippen molar-refractivity contribution >= 4 is 0 Å². The Kier molecular flexibility index (Phi) is 4.89. The van der Waals surface area contributed by atoms with Crippen LogP contribution in [0.25, 0.3) is 11.4 Å². The number of aryl methyl sites for hydroxylation is 1. The van der Waals surface area contributed by atoms with Gasteiger partial charge in [-0.05, 0) is 32.4 Å². The molecule has 2 aromatic heterocycles. The van der Waals surface area contributed by atoms with E-state index in [2.05, 4.69) is 15.3 Å². The van der Waals surface area contributed by atoms with Crippen LogP contribution in [0.15, 0.2) is 18.5 Å². The highest BCUT2D eigenvalue weighted by Gasteiger charge is 2.33. The van der Waals surface area contributed by atoms with Crippen LogP contribution in [0.3, 0.4) is 0 Å². The topological polar surface area (TPSA) is 71.3 Å². The van der Waals surface area contributed by atoms with Crippen LogP contribution >= 0.6 is 0 Å². The summed E-state index contributed by atoms with van der Waals surface area (Å²) in [7, 11) is 0. The van der Waals surface area contributed by atoms with E-state index in [0.717, 1.165) is 0 Å². The summed E-state index contributed by atoms with van der Waals surface area (Å²) in [5.41, 5.74) is 1.32. The summed E-state index contributed by atoms with van der Waals surface area (Å²) in [6, 6.07) is 1.48. The number of aromatic nitrogens is 4. The van der Waals surface area contributed by atoms with Crippen LogP contribution in [0.4, 0.5) is 13.2 Å². The fraction of sp³-hybridized carbons (Fsp3) is 0.562. The first kappa shape index (κ1) is 18.6. The van der Waals surface area contributed by atoms with E-state index in [4.69, 9.17) is 14.2 Å². The molecule has 0 amide bonds. The lowest BCUT2D eigenvalue weighted by Gasteiger charge is -2.15. The predicted molar refractivity (Wildman–Crippen MR) is 84.4 cm³/mol. The predicted octanol–water partition coefficient (Wildman–Crippen LogP) is 2.74. The average Bonchev–Trinajstić information content (AvgIpc) is 3.11. The molecule has 0 aromatic carbocycles. The number of pyridine rings is 1. The molecule has 0 N–H and O–H groups in total. The van der Waals surface area contributed by atoms with Crippen LogP contribution in [0.5, 0.6) is 5.75 Å². The molecule has 26 heavy (non-hydrogen) atoms. The van der Waals surface area contributed by atoms with Gasteiger partial charge >= 0.3 is 6.18 Å². The monoisotopic (exact) mass is 372 g/mol. The lowest BCUT2D eigenvalue weighted by Crippen LogP contribution is -2.24. The Bertz CT molecular complexity index is 776. The quantitative estimate of drug-likeness (QED) is 0.804. The number of ether oxygens (including phenoxy) is 3. The molecule has 1 saturated heterocycles. The van der Waals surface area contributed by atoms with Gasteiger partial charge in [0.1, 0.15) is 11.4 Å². The molecule has 1 aliphatic heterocycles.